The fraction of sp³-hybridized carbons (Fsp3) is 0.765. The summed E-state index contributed by atoms with van der Waals surface area (Å²) in [5.41, 5.74) is 1.97. The van der Waals surface area contributed by atoms with Crippen molar-refractivity contribution < 1.29 is 4.42 Å². The highest BCUT2D eigenvalue weighted by Crippen LogP contribution is 2.36. The van der Waals surface area contributed by atoms with Gasteiger partial charge in [-0.05, 0) is 50.0 Å². The zero-order valence-corrected chi connectivity index (χ0v) is 12.4. The Bertz CT molecular complexity index is 421. The normalized spacial score (nSPS) is 30.6. The van der Waals surface area contributed by atoms with Crippen LogP contribution in [0.15, 0.2) is 16.7 Å². The van der Waals surface area contributed by atoms with Crippen LogP contribution in [0.2, 0.25) is 0 Å². The van der Waals surface area contributed by atoms with Gasteiger partial charge in [0.1, 0.15) is 5.76 Å². The van der Waals surface area contributed by atoms with Crippen LogP contribution in [-0.2, 0) is 6.42 Å². The Kier molecular flexibility index (Phi) is 3.70. The molecule has 2 aliphatic carbocycles. The van der Waals surface area contributed by atoms with E-state index in [1.807, 2.05) is 6.26 Å². The third-order valence-corrected chi connectivity index (χ3v) is 5.06. The summed E-state index contributed by atoms with van der Waals surface area (Å²) in [6.45, 7) is 4.84. The van der Waals surface area contributed by atoms with Gasteiger partial charge >= 0.3 is 0 Å². The summed E-state index contributed by atoms with van der Waals surface area (Å²) >= 11 is 0. The molecule has 1 saturated carbocycles. The largest absolute Gasteiger partial charge is 0.469 e. The number of nitrogens with one attached hydrogen (secondary N) is 1. The van der Waals surface area contributed by atoms with E-state index in [-0.39, 0.29) is 0 Å². The van der Waals surface area contributed by atoms with Crippen LogP contribution in [0, 0.1) is 5.41 Å². The van der Waals surface area contributed by atoms with E-state index in [0.717, 1.165) is 6.42 Å². The SMILES string of the molecule is CC1(C)CCCC(NC2CCCc3occc32)CC1. The van der Waals surface area contributed by atoms with Gasteiger partial charge in [-0.25, -0.2) is 0 Å². The Balaban J connectivity index is 1.63. The van der Waals surface area contributed by atoms with Gasteiger partial charge in [0.05, 0.1) is 6.26 Å². The van der Waals surface area contributed by atoms with E-state index in [1.54, 1.807) is 0 Å². The number of hydrogen-bond acceptors (Lipinski definition) is 2. The minimum absolute atomic E-state index is 0.536. The zero-order valence-electron chi connectivity index (χ0n) is 12.4. The molecule has 0 spiro atoms. The predicted octanol–water partition coefficient (Wildman–Crippen LogP) is 4.61. The first kappa shape index (κ1) is 13.2. The lowest BCUT2D eigenvalue weighted by molar-refractivity contribution is 0.303. The summed E-state index contributed by atoms with van der Waals surface area (Å²) in [5, 5.41) is 3.92. The van der Waals surface area contributed by atoms with Crippen LogP contribution in [-0.4, -0.2) is 6.04 Å². The van der Waals surface area contributed by atoms with Gasteiger partial charge in [-0.3, -0.25) is 0 Å². The van der Waals surface area contributed by atoms with Crippen molar-refractivity contribution in [3.8, 4) is 0 Å². The average molecular weight is 261 g/mol. The molecule has 1 aromatic heterocycles. The Morgan fingerprint density at radius 2 is 2.05 bits per heavy atom. The van der Waals surface area contributed by atoms with E-state index in [2.05, 4.69) is 25.2 Å². The molecule has 1 heterocycles. The van der Waals surface area contributed by atoms with E-state index in [4.69, 9.17) is 4.42 Å². The Hall–Kier alpha value is -0.760. The molecule has 106 valence electrons. The van der Waals surface area contributed by atoms with Crippen LogP contribution in [0.4, 0.5) is 0 Å². The summed E-state index contributed by atoms with van der Waals surface area (Å²) in [6.07, 6.45) is 12.3. The van der Waals surface area contributed by atoms with Crippen molar-refractivity contribution in [2.45, 2.75) is 77.3 Å². The fourth-order valence-corrected chi connectivity index (χ4v) is 3.77. The van der Waals surface area contributed by atoms with E-state index in [9.17, 15) is 0 Å². The van der Waals surface area contributed by atoms with E-state index in [1.165, 1.54) is 56.3 Å². The van der Waals surface area contributed by atoms with Gasteiger partial charge in [0.25, 0.3) is 0 Å². The van der Waals surface area contributed by atoms with Crippen molar-refractivity contribution >= 4 is 0 Å². The second-order valence-corrected chi connectivity index (χ2v) is 7.20. The molecule has 2 heteroatoms. The number of rotatable bonds is 2. The van der Waals surface area contributed by atoms with Crippen molar-refractivity contribution in [3.63, 3.8) is 0 Å². The summed E-state index contributed by atoms with van der Waals surface area (Å²) < 4.78 is 5.59. The smallest absolute Gasteiger partial charge is 0.108 e. The van der Waals surface area contributed by atoms with Gasteiger partial charge < -0.3 is 9.73 Å². The fourth-order valence-electron chi connectivity index (χ4n) is 3.77. The number of hydrogen-bond donors (Lipinski definition) is 1. The molecule has 0 aliphatic heterocycles. The minimum atomic E-state index is 0.536. The number of aryl methyl sites for hydroxylation is 1. The minimum Gasteiger partial charge on any atom is -0.469 e. The quantitative estimate of drug-likeness (QED) is 0.787. The molecule has 0 bridgehead atoms. The van der Waals surface area contributed by atoms with E-state index >= 15 is 0 Å². The highest BCUT2D eigenvalue weighted by molar-refractivity contribution is 5.24. The summed E-state index contributed by atoms with van der Waals surface area (Å²) in [7, 11) is 0. The molecule has 2 aliphatic rings. The molecular formula is C17H27NO. The van der Waals surface area contributed by atoms with Crippen LogP contribution >= 0.6 is 0 Å². The van der Waals surface area contributed by atoms with Crippen molar-refractivity contribution in [2.24, 2.45) is 5.41 Å². The van der Waals surface area contributed by atoms with Crippen molar-refractivity contribution in [3.05, 3.63) is 23.7 Å². The third-order valence-electron chi connectivity index (χ3n) is 5.06. The molecule has 1 N–H and O–H groups in total. The summed E-state index contributed by atoms with van der Waals surface area (Å²) in [5.74, 6) is 1.22. The van der Waals surface area contributed by atoms with Gasteiger partial charge in [0.15, 0.2) is 0 Å². The molecule has 2 atom stereocenters. The maximum atomic E-state index is 5.59. The standard InChI is InChI=1S/C17H27NO/c1-17(2)10-4-5-13(8-11-17)18-15-6-3-7-16-14(15)9-12-19-16/h9,12-13,15,18H,3-8,10-11H2,1-2H3. The second-order valence-electron chi connectivity index (χ2n) is 7.20. The highest BCUT2D eigenvalue weighted by Gasteiger charge is 2.28. The maximum absolute atomic E-state index is 5.59. The Morgan fingerprint density at radius 3 is 2.95 bits per heavy atom. The third kappa shape index (κ3) is 3.05. The molecule has 19 heavy (non-hydrogen) atoms. The lowest BCUT2D eigenvalue weighted by Crippen LogP contribution is -2.34. The average Bonchev–Trinajstić information content (AvgIpc) is 2.78. The molecule has 2 unspecified atom stereocenters. The van der Waals surface area contributed by atoms with Crippen molar-refractivity contribution in [2.75, 3.05) is 0 Å². The Labute approximate surface area is 117 Å². The van der Waals surface area contributed by atoms with Gasteiger partial charge in [-0.15, -0.1) is 0 Å². The molecule has 0 aromatic carbocycles. The summed E-state index contributed by atoms with van der Waals surface area (Å²) in [4.78, 5) is 0. The highest BCUT2D eigenvalue weighted by atomic mass is 16.3. The predicted molar refractivity (Wildman–Crippen MR) is 78.2 cm³/mol. The van der Waals surface area contributed by atoms with Crippen LogP contribution in [0.25, 0.3) is 0 Å². The van der Waals surface area contributed by atoms with Crippen LogP contribution in [0.5, 0.6) is 0 Å². The molecule has 2 nitrogen and oxygen atoms in total. The zero-order chi connectivity index (χ0) is 13.3. The summed E-state index contributed by atoms with van der Waals surface area (Å²) in [6, 6.07) is 3.41. The lowest BCUT2D eigenvalue weighted by atomic mass is 9.85. The van der Waals surface area contributed by atoms with Crippen molar-refractivity contribution in [1.29, 1.82) is 0 Å². The van der Waals surface area contributed by atoms with Crippen LogP contribution in [0.3, 0.4) is 0 Å². The molecule has 0 amide bonds. The molecular weight excluding hydrogens is 234 g/mol. The topological polar surface area (TPSA) is 25.2 Å². The molecule has 0 saturated heterocycles. The number of fused-ring (bicyclic) bond motifs is 1. The first-order valence-corrected chi connectivity index (χ1v) is 7.96. The second kappa shape index (κ2) is 5.32. The van der Waals surface area contributed by atoms with Gasteiger partial charge in [0.2, 0.25) is 0 Å². The van der Waals surface area contributed by atoms with Gasteiger partial charge in [-0.2, -0.15) is 0 Å². The molecule has 1 fully saturated rings. The first-order chi connectivity index (χ1) is 9.14. The molecule has 1 aromatic rings. The maximum Gasteiger partial charge on any atom is 0.108 e. The number of furan rings is 1. The molecule has 0 radical (unpaired) electrons. The molecule has 3 rings (SSSR count). The lowest BCUT2D eigenvalue weighted by Gasteiger charge is -2.28. The first-order valence-electron chi connectivity index (χ1n) is 7.96. The van der Waals surface area contributed by atoms with Crippen LogP contribution in [0.1, 0.15) is 76.2 Å². The van der Waals surface area contributed by atoms with E-state index < -0.39 is 0 Å². The monoisotopic (exact) mass is 261 g/mol. The Morgan fingerprint density at radius 1 is 1.16 bits per heavy atom. The van der Waals surface area contributed by atoms with E-state index in [0.29, 0.717) is 17.5 Å². The van der Waals surface area contributed by atoms with Crippen LogP contribution < -0.4 is 5.32 Å². The van der Waals surface area contributed by atoms with Crippen molar-refractivity contribution in [1.82, 2.24) is 5.32 Å². The van der Waals surface area contributed by atoms with Gasteiger partial charge in [0, 0.05) is 24.1 Å². The van der Waals surface area contributed by atoms with Gasteiger partial charge in [-0.1, -0.05) is 20.3 Å².